The van der Waals surface area contributed by atoms with Gasteiger partial charge in [0.15, 0.2) is 11.7 Å². The number of carbonyl (C=O) groups is 1. The molecular weight excluding hydrogens is 448 g/mol. The van der Waals surface area contributed by atoms with Crippen LogP contribution in [0, 0.1) is 5.41 Å². The Bertz CT molecular complexity index is 1150. The maximum absolute atomic E-state index is 13.3. The molecule has 0 saturated carbocycles. The summed E-state index contributed by atoms with van der Waals surface area (Å²) in [4.78, 5) is 19.1. The number of pyridine rings is 1. The van der Waals surface area contributed by atoms with Gasteiger partial charge in [0.1, 0.15) is 0 Å². The Balaban J connectivity index is 1.55. The SMILES string of the molecule is N=C(N)N1CCc2ccc(S(=O)(=O)NC3(OC(=O)O)CCN(c4ccncc4)CC3)cc2C1. The van der Waals surface area contributed by atoms with Crippen LogP contribution in [-0.4, -0.2) is 60.9 Å². The predicted molar refractivity (Wildman–Crippen MR) is 120 cm³/mol. The number of ether oxygens (including phenoxy) is 1. The summed E-state index contributed by atoms with van der Waals surface area (Å²) in [5, 5.41) is 16.9. The van der Waals surface area contributed by atoms with Crippen LogP contribution in [0.25, 0.3) is 0 Å². The van der Waals surface area contributed by atoms with Crippen molar-refractivity contribution in [3.05, 3.63) is 53.9 Å². The van der Waals surface area contributed by atoms with Crippen molar-refractivity contribution in [2.24, 2.45) is 5.73 Å². The molecule has 0 spiro atoms. The summed E-state index contributed by atoms with van der Waals surface area (Å²) >= 11 is 0. The number of nitrogens with one attached hydrogen (secondary N) is 2. The van der Waals surface area contributed by atoms with E-state index in [0.717, 1.165) is 16.8 Å². The lowest BCUT2D eigenvalue weighted by molar-refractivity contribution is -0.0412. The quantitative estimate of drug-likeness (QED) is 0.217. The molecule has 2 aliphatic heterocycles. The van der Waals surface area contributed by atoms with Gasteiger partial charge in [-0.05, 0) is 41.8 Å². The van der Waals surface area contributed by atoms with Crippen LogP contribution in [0.15, 0.2) is 47.6 Å². The van der Waals surface area contributed by atoms with Crippen LogP contribution in [0.4, 0.5) is 10.5 Å². The van der Waals surface area contributed by atoms with Crippen LogP contribution in [0.3, 0.4) is 0 Å². The first-order chi connectivity index (χ1) is 15.7. The first kappa shape index (κ1) is 22.8. The Hall–Kier alpha value is -3.38. The number of nitrogens with zero attached hydrogens (tertiary/aromatic N) is 3. The minimum Gasteiger partial charge on any atom is -0.450 e. The first-order valence-electron chi connectivity index (χ1n) is 10.5. The molecule has 5 N–H and O–H groups in total. The molecular formula is C21H26N6O5S. The van der Waals surface area contributed by atoms with E-state index in [1.807, 2.05) is 17.0 Å². The fourth-order valence-electron chi connectivity index (χ4n) is 4.28. The second kappa shape index (κ2) is 8.87. The highest BCUT2D eigenvalue weighted by Crippen LogP contribution is 2.30. The third-order valence-corrected chi connectivity index (χ3v) is 7.56. The van der Waals surface area contributed by atoms with E-state index in [4.69, 9.17) is 15.9 Å². The molecule has 0 amide bonds. The highest BCUT2D eigenvalue weighted by molar-refractivity contribution is 7.89. The highest BCUT2D eigenvalue weighted by atomic mass is 32.2. The van der Waals surface area contributed by atoms with Crippen molar-refractivity contribution in [3.63, 3.8) is 0 Å². The smallest absolute Gasteiger partial charge is 0.450 e. The number of aromatic nitrogens is 1. The predicted octanol–water partition coefficient (Wildman–Crippen LogP) is 1.30. The van der Waals surface area contributed by atoms with Crippen LogP contribution < -0.4 is 15.4 Å². The maximum atomic E-state index is 13.3. The molecule has 1 aromatic heterocycles. The van der Waals surface area contributed by atoms with Gasteiger partial charge in [0.05, 0.1) is 4.90 Å². The van der Waals surface area contributed by atoms with Crippen molar-refractivity contribution in [2.75, 3.05) is 24.5 Å². The van der Waals surface area contributed by atoms with Gasteiger partial charge in [-0.1, -0.05) is 6.07 Å². The van der Waals surface area contributed by atoms with Gasteiger partial charge < -0.3 is 25.4 Å². The van der Waals surface area contributed by atoms with Crippen molar-refractivity contribution in [3.8, 4) is 0 Å². The molecule has 0 unspecified atom stereocenters. The average Bonchev–Trinajstić information content (AvgIpc) is 2.78. The Morgan fingerprint density at radius 2 is 1.85 bits per heavy atom. The second-order valence-electron chi connectivity index (χ2n) is 8.15. The minimum absolute atomic E-state index is 0.0107. The van der Waals surface area contributed by atoms with Crippen molar-refractivity contribution in [1.29, 1.82) is 5.41 Å². The molecule has 0 aliphatic carbocycles. The van der Waals surface area contributed by atoms with Gasteiger partial charge in [0.2, 0.25) is 10.0 Å². The summed E-state index contributed by atoms with van der Waals surface area (Å²) in [5.74, 6) is -0.0678. The van der Waals surface area contributed by atoms with Crippen molar-refractivity contribution < 1.29 is 23.1 Å². The molecule has 0 atom stereocenters. The van der Waals surface area contributed by atoms with Crippen LogP contribution >= 0.6 is 0 Å². The van der Waals surface area contributed by atoms with Crippen LogP contribution in [0.5, 0.6) is 0 Å². The molecule has 2 aromatic rings. The zero-order chi connectivity index (χ0) is 23.6. The van der Waals surface area contributed by atoms with Gasteiger partial charge in [0.25, 0.3) is 0 Å². The zero-order valence-corrected chi connectivity index (χ0v) is 18.7. The average molecular weight is 475 g/mol. The van der Waals surface area contributed by atoms with Crippen molar-refractivity contribution in [1.82, 2.24) is 14.6 Å². The minimum atomic E-state index is -4.09. The number of carboxylic acid groups (broad SMARTS) is 1. The number of rotatable bonds is 5. The summed E-state index contributed by atoms with van der Waals surface area (Å²) in [6.45, 7) is 1.73. The number of hydrogen-bond acceptors (Lipinski definition) is 7. The number of sulfonamides is 1. The molecule has 4 rings (SSSR count). The standard InChI is InChI=1S/C21H26N6O5S/c22-19(23)27-10-5-15-1-2-18(13-16(15)14-27)33(30,31)25-21(32-20(28)29)6-11-26(12-7-21)17-3-8-24-9-4-17/h1-4,8-9,13,25H,5-7,10-12,14H2,(H3,22,23)(H,28,29). The van der Waals surface area contributed by atoms with E-state index in [0.29, 0.717) is 32.6 Å². The molecule has 1 saturated heterocycles. The Labute approximate surface area is 191 Å². The van der Waals surface area contributed by atoms with Gasteiger partial charge in [-0.3, -0.25) is 10.4 Å². The van der Waals surface area contributed by atoms with Crippen LogP contribution in [0.2, 0.25) is 0 Å². The van der Waals surface area contributed by atoms with Gasteiger partial charge in [0, 0.05) is 57.1 Å². The van der Waals surface area contributed by atoms with Crippen molar-refractivity contribution >= 4 is 27.8 Å². The molecule has 176 valence electrons. The molecule has 2 aliphatic rings. The lowest BCUT2D eigenvalue weighted by Crippen LogP contribution is -2.57. The largest absolute Gasteiger partial charge is 0.507 e. The van der Waals surface area contributed by atoms with Crippen molar-refractivity contribution in [2.45, 2.75) is 36.4 Å². The summed E-state index contributed by atoms with van der Waals surface area (Å²) < 4.78 is 34.1. The fraction of sp³-hybridized carbons (Fsp3) is 0.381. The number of hydrogen-bond donors (Lipinski definition) is 4. The molecule has 33 heavy (non-hydrogen) atoms. The third-order valence-electron chi connectivity index (χ3n) is 6.04. The number of anilines is 1. The number of guanidine groups is 1. The summed E-state index contributed by atoms with van der Waals surface area (Å²) in [5.41, 5.74) is 6.69. The van der Waals surface area contributed by atoms with E-state index >= 15 is 0 Å². The van der Waals surface area contributed by atoms with E-state index < -0.39 is 21.9 Å². The van der Waals surface area contributed by atoms with E-state index in [-0.39, 0.29) is 23.7 Å². The summed E-state index contributed by atoms with van der Waals surface area (Å²) in [6, 6.07) is 8.48. The van der Waals surface area contributed by atoms with E-state index in [1.54, 1.807) is 29.4 Å². The molecule has 1 fully saturated rings. The zero-order valence-electron chi connectivity index (χ0n) is 17.9. The third kappa shape index (κ3) is 5.01. The molecule has 11 nitrogen and oxygen atoms in total. The lowest BCUT2D eigenvalue weighted by atomic mass is 10.0. The molecule has 1 aromatic carbocycles. The molecule has 12 heteroatoms. The normalized spacial score (nSPS) is 17.8. The summed E-state index contributed by atoms with van der Waals surface area (Å²) in [6.07, 6.45) is 2.72. The van der Waals surface area contributed by atoms with E-state index in [9.17, 15) is 18.3 Å². The topological polar surface area (TPSA) is 162 Å². The lowest BCUT2D eigenvalue weighted by Gasteiger charge is -2.41. The second-order valence-corrected chi connectivity index (χ2v) is 9.83. The number of fused-ring (bicyclic) bond motifs is 1. The first-order valence-corrected chi connectivity index (χ1v) is 12.0. The van der Waals surface area contributed by atoms with Gasteiger partial charge >= 0.3 is 6.16 Å². The van der Waals surface area contributed by atoms with Crippen LogP contribution in [0.1, 0.15) is 24.0 Å². The molecule has 0 bridgehead atoms. The fourth-order valence-corrected chi connectivity index (χ4v) is 5.68. The number of piperidine rings is 1. The molecule has 3 heterocycles. The monoisotopic (exact) mass is 474 g/mol. The number of benzene rings is 1. The van der Waals surface area contributed by atoms with Gasteiger partial charge in [-0.25, -0.2) is 13.2 Å². The van der Waals surface area contributed by atoms with E-state index in [2.05, 4.69) is 9.71 Å². The van der Waals surface area contributed by atoms with Gasteiger partial charge in [-0.15, -0.1) is 0 Å². The number of nitrogens with two attached hydrogens (primary N) is 1. The highest BCUT2D eigenvalue weighted by Gasteiger charge is 2.42. The van der Waals surface area contributed by atoms with E-state index in [1.165, 1.54) is 6.07 Å². The van der Waals surface area contributed by atoms with Crippen LogP contribution in [-0.2, 0) is 27.7 Å². The van der Waals surface area contributed by atoms with Gasteiger partial charge in [-0.2, -0.15) is 4.72 Å². The summed E-state index contributed by atoms with van der Waals surface area (Å²) in [7, 11) is -4.09. The Morgan fingerprint density at radius 1 is 1.15 bits per heavy atom. The Morgan fingerprint density at radius 3 is 2.48 bits per heavy atom. The molecule has 0 radical (unpaired) electrons. The Kier molecular flexibility index (Phi) is 6.13. The maximum Gasteiger partial charge on any atom is 0.507 e.